The van der Waals surface area contributed by atoms with Crippen LogP contribution in [0.3, 0.4) is 0 Å². The molecule has 0 saturated carbocycles. The fraction of sp³-hybridized carbons (Fsp3) is 0.0800. The summed E-state index contributed by atoms with van der Waals surface area (Å²) in [5.41, 5.74) is 2.00. The number of nitrogens with zero attached hydrogens (tertiary/aromatic N) is 4. The average Bonchev–Trinajstić information content (AvgIpc) is 3.48. The van der Waals surface area contributed by atoms with Crippen LogP contribution in [0.25, 0.3) is 10.8 Å². The van der Waals surface area contributed by atoms with Gasteiger partial charge in [-0.25, -0.2) is 4.68 Å². The quantitative estimate of drug-likeness (QED) is 0.308. The molecule has 0 fully saturated rings. The van der Waals surface area contributed by atoms with Gasteiger partial charge >= 0.3 is 0 Å². The summed E-state index contributed by atoms with van der Waals surface area (Å²) < 4.78 is 8.94. The van der Waals surface area contributed by atoms with E-state index in [0.717, 1.165) is 5.56 Å². The summed E-state index contributed by atoms with van der Waals surface area (Å²) in [4.78, 5) is 12.6. The average molecular weight is 492 g/mol. The first kappa shape index (κ1) is 22.0. The van der Waals surface area contributed by atoms with Gasteiger partial charge in [-0.3, -0.25) is 9.48 Å². The molecule has 0 unspecified atom stereocenters. The van der Waals surface area contributed by atoms with Gasteiger partial charge in [0, 0.05) is 17.4 Å². The minimum atomic E-state index is -0.340. The molecule has 3 aromatic carbocycles. The van der Waals surface area contributed by atoms with Crippen LogP contribution in [0.1, 0.15) is 16.1 Å². The summed E-state index contributed by atoms with van der Waals surface area (Å²) in [5.74, 6) is 0.138. The second-order valence-electron chi connectivity index (χ2n) is 7.61. The molecule has 0 bridgehead atoms. The number of amides is 1. The normalized spacial score (nSPS) is 11.0. The first-order chi connectivity index (χ1) is 16.5. The Morgan fingerprint density at radius 3 is 2.74 bits per heavy atom. The first-order valence-corrected chi connectivity index (χ1v) is 11.2. The molecular formula is C25H19Cl2N5O2. The van der Waals surface area contributed by atoms with Gasteiger partial charge in [-0.15, -0.1) is 0 Å². The van der Waals surface area contributed by atoms with Crippen LogP contribution in [0.5, 0.6) is 5.75 Å². The molecule has 0 atom stereocenters. The number of fused-ring (bicyclic) bond motifs is 1. The van der Waals surface area contributed by atoms with E-state index in [1.807, 2.05) is 18.2 Å². The van der Waals surface area contributed by atoms with Crippen molar-refractivity contribution in [1.29, 1.82) is 0 Å². The number of carbonyl (C=O) groups excluding carboxylic acids is 1. The number of benzene rings is 3. The predicted octanol–water partition coefficient (Wildman–Crippen LogP) is 5.88. The van der Waals surface area contributed by atoms with Crippen LogP contribution in [-0.4, -0.2) is 25.5 Å². The molecule has 0 spiro atoms. The fourth-order valence-electron chi connectivity index (χ4n) is 3.60. The van der Waals surface area contributed by atoms with E-state index in [-0.39, 0.29) is 18.3 Å². The number of halogens is 2. The number of rotatable bonds is 7. The predicted molar refractivity (Wildman–Crippen MR) is 133 cm³/mol. The lowest BCUT2D eigenvalue weighted by molar-refractivity contribution is 0.102. The van der Waals surface area contributed by atoms with Crippen molar-refractivity contribution < 1.29 is 9.53 Å². The number of hydrogen-bond donors (Lipinski definition) is 1. The smallest absolute Gasteiger partial charge is 0.276 e. The summed E-state index contributed by atoms with van der Waals surface area (Å²) in [6, 6.07) is 21.0. The van der Waals surface area contributed by atoms with Crippen molar-refractivity contribution in [1.82, 2.24) is 19.6 Å². The van der Waals surface area contributed by atoms with Crippen molar-refractivity contribution in [3.05, 3.63) is 107 Å². The molecule has 0 aliphatic heterocycles. The van der Waals surface area contributed by atoms with Crippen molar-refractivity contribution in [2.24, 2.45) is 0 Å². The summed E-state index contributed by atoms with van der Waals surface area (Å²) in [6.45, 7) is 0.689. The molecule has 0 aliphatic rings. The zero-order valence-corrected chi connectivity index (χ0v) is 19.4. The van der Waals surface area contributed by atoms with Crippen molar-refractivity contribution in [2.75, 3.05) is 5.32 Å². The molecular weight excluding hydrogens is 473 g/mol. The van der Waals surface area contributed by atoms with Crippen molar-refractivity contribution in [2.45, 2.75) is 13.3 Å². The van der Waals surface area contributed by atoms with Gasteiger partial charge in [0.25, 0.3) is 5.91 Å². The van der Waals surface area contributed by atoms with Gasteiger partial charge in [-0.1, -0.05) is 65.7 Å². The van der Waals surface area contributed by atoms with Gasteiger partial charge in [0.1, 0.15) is 5.75 Å². The Labute approximate surface area is 205 Å². The van der Waals surface area contributed by atoms with Crippen LogP contribution >= 0.6 is 23.2 Å². The topological polar surface area (TPSA) is 74.0 Å². The minimum absolute atomic E-state index is 0.0948. The monoisotopic (exact) mass is 491 g/mol. The molecule has 2 heterocycles. The highest BCUT2D eigenvalue weighted by Crippen LogP contribution is 2.27. The SMILES string of the molecule is O=C(Nc1cnn(Cc2cccc3ccccc23)c1)c1ccn(COc2ccc(Cl)cc2Cl)n1. The molecule has 7 nitrogen and oxygen atoms in total. The third-order valence-corrected chi connectivity index (χ3v) is 5.75. The molecule has 1 amide bonds. The van der Waals surface area contributed by atoms with E-state index in [9.17, 15) is 4.79 Å². The van der Waals surface area contributed by atoms with Crippen molar-refractivity contribution in [3.63, 3.8) is 0 Å². The highest BCUT2D eigenvalue weighted by atomic mass is 35.5. The maximum absolute atomic E-state index is 12.6. The molecule has 5 aromatic rings. The third kappa shape index (κ3) is 4.90. The lowest BCUT2D eigenvalue weighted by atomic mass is 10.0. The molecule has 0 radical (unpaired) electrons. The van der Waals surface area contributed by atoms with Gasteiger partial charge in [0.15, 0.2) is 12.4 Å². The number of nitrogens with one attached hydrogen (secondary N) is 1. The highest BCUT2D eigenvalue weighted by molar-refractivity contribution is 6.35. The Kier molecular flexibility index (Phi) is 6.20. The van der Waals surface area contributed by atoms with Crippen LogP contribution in [-0.2, 0) is 13.3 Å². The Morgan fingerprint density at radius 1 is 1.00 bits per heavy atom. The summed E-state index contributed by atoms with van der Waals surface area (Å²) in [6.07, 6.45) is 5.07. The number of hydrogen-bond acceptors (Lipinski definition) is 4. The van der Waals surface area contributed by atoms with Crippen molar-refractivity contribution in [3.8, 4) is 5.75 Å². The largest absolute Gasteiger partial charge is 0.470 e. The maximum atomic E-state index is 12.6. The van der Waals surface area contributed by atoms with Gasteiger partial charge < -0.3 is 10.1 Å². The maximum Gasteiger partial charge on any atom is 0.276 e. The first-order valence-electron chi connectivity index (χ1n) is 10.5. The van der Waals surface area contributed by atoms with E-state index in [1.54, 1.807) is 47.5 Å². The van der Waals surface area contributed by atoms with Gasteiger partial charge in [0.2, 0.25) is 0 Å². The molecule has 5 rings (SSSR count). The second-order valence-corrected chi connectivity index (χ2v) is 8.45. The fourth-order valence-corrected chi connectivity index (χ4v) is 4.06. The van der Waals surface area contributed by atoms with Crippen LogP contribution < -0.4 is 10.1 Å². The minimum Gasteiger partial charge on any atom is -0.470 e. The molecule has 1 N–H and O–H groups in total. The van der Waals surface area contributed by atoms with Gasteiger partial charge in [0.05, 0.1) is 23.5 Å². The zero-order chi connectivity index (χ0) is 23.5. The summed E-state index contributed by atoms with van der Waals surface area (Å²) in [7, 11) is 0. The van der Waals surface area contributed by atoms with Crippen LogP contribution in [0.15, 0.2) is 85.3 Å². The van der Waals surface area contributed by atoms with Crippen molar-refractivity contribution >= 4 is 45.6 Å². The van der Waals surface area contributed by atoms with E-state index in [0.29, 0.717) is 28.0 Å². The Hall–Kier alpha value is -3.81. The molecule has 0 saturated heterocycles. The number of anilines is 1. The summed E-state index contributed by atoms with van der Waals surface area (Å²) >= 11 is 12.0. The van der Waals surface area contributed by atoms with Crippen LogP contribution in [0, 0.1) is 0 Å². The second kappa shape index (κ2) is 9.59. The Bertz CT molecular complexity index is 1470. The van der Waals surface area contributed by atoms with E-state index < -0.39 is 0 Å². The van der Waals surface area contributed by atoms with Crippen LogP contribution in [0.4, 0.5) is 5.69 Å². The van der Waals surface area contributed by atoms with Gasteiger partial charge in [-0.05, 0) is 40.6 Å². The van der Waals surface area contributed by atoms with Gasteiger partial charge in [-0.2, -0.15) is 10.2 Å². The summed E-state index contributed by atoms with van der Waals surface area (Å²) in [5, 5.41) is 14.8. The Morgan fingerprint density at radius 2 is 1.85 bits per heavy atom. The lowest BCUT2D eigenvalue weighted by Crippen LogP contribution is -2.14. The molecule has 34 heavy (non-hydrogen) atoms. The highest BCUT2D eigenvalue weighted by Gasteiger charge is 2.12. The number of ether oxygens (including phenoxy) is 1. The third-order valence-electron chi connectivity index (χ3n) is 5.22. The zero-order valence-electron chi connectivity index (χ0n) is 17.9. The van der Waals surface area contributed by atoms with Crippen LogP contribution in [0.2, 0.25) is 10.0 Å². The standard InChI is InChI=1S/C25H19Cl2N5O2/c26-19-8-9-24(22(27)12-19)34-16-31-11-10-23(30-31)25(33)29-20-13-28-32(15-20)14-18-6-3-5-17-4-1-2-7-21(17)18/h1-13,15H,14,16H2,(H,29,33). The molecule has 2 aromatic heterocycles. The lowest BCUT2D eigenvalue weighted by Gasteiger charge is -2.08. The Balaban J connectivity index is 1.21. The van der Waals surface area contributed by atoms with E-state index in [4.69, 9.17) is 27.9 Å². The number of carbonyl (C=O) groups is 1. The number of aromatic nitrogens is 4. The van der Waals surface area contributed by atoms with E-state index in [2.05, 4.69) is 39.8 Å². The molecule has 170 valence electrons. The van der Waals surface area contributed by atoms with E-state index >= 15 is 0 Å². The van der Waals surface area contributed by atoms with E-state index in [1.165, 1.54) is 15.5 Å². The molecule has 0 aliphatic carbocycles. The molecule has 9 heteroatoms.